The van der Waals surface area contributed by atoms with Crippen molar-refractivity contribution in [3.8, 4) is 0 Å². The van der Waals surface area contributed by atoms with Crippen LogP contribution in [0.2, 0.25) is 0 Å². The zero-order valence-corrected chi connectivity index (χ0v) is 10.1. The molecule has 2 nitrogen and oxygen atoms in total. The Morgan fingerprint density at radius 1 is 1.50 bits per heavy atom. The van der Waals surface area contributed by atoms with Crippen LogP contribution in [0.5, 0.6) is 0 Å². The van der Waals surface area contributed by atoms with Gasteiger partial charge in [-0.25, -0.2) is 4.98 Å². The van der Waals surface area contributed by atoms with Gasteiger partial charge in [-0.2, -0.15) is 0 Å². The number of rotatable bonds is 2. The smallest absolute Gasteiger partial charge is 0.106 e. The molecule has 0 radical (unpaired) electrons. The molecule has 0 amide bonds. The largest absolute Gasteiger partial charge is 0.330 e. The highest BCUT2D eigenvalue weighted by molar-refractivity contribution is 9.10. The van der Waals surface area contributed by atoms with Crippen molar-refractivity contribution in [3.63, 3.8) is 0 Å². The third-order valence-corrected chi connectivity index (χ3v) is 3.88. The molecule has 2 unspecified atom stereocenters. The SMILES string of the molecule is CC1(C)C(CN)C1c1ccc(Br)nc1. The van der Waals surface area contributed by atoms with E-state index in [2.05, 4.69) is 40.8 Å². The van der Waals surface area contributed by atoms with E-state index < -0.39 is 0 Å². The third-order valence-electron chi connectivity index (χ3n) is 3.41. The summed E-state index contributed by atoms with van der Waals surface area (Å²) < 4.78 is 0.893. The summed E-state index contributed by atoms with van der Waals surface area (Å²) in [6.07, 6.45) is 1.95. The number of pyridine rings is 1. The minimum absolute atomic E-state index is 0.351. The lowest BCUT2D eigenvalue weighted by Gasteiger charge is -2.02. The molecular weight excluding hydrogens is 240 g/mol. The van der Waals surface area contributed by atoms with Crippen molar-refractivity contribution in [1.29, 1.82) is 0 Å². The van der Waals surface area contributed by atoms with Crippen molar-refractivity contribution in [2.24, 2.45) is 17.1 Å². The molecule has 2 rings (SSSR count). The van der Waals surface area contributed by atoms with Crippen LogP contribution in [0.3, 0.4) is 0 Å². The van der Waals surface area contributed by atoms with Gasteiger partial charge in [-0.1, -0.05) is 19.9 Å². The van der Waals surface area contributed by atoms with E-state index in [0.29, 0.717) is 17.3 Å². The molecule has 2 N–H and O–H groups in total. The number of hydrogen-bond acceptors (Lipinski definition) is 2. The predicted octanol–water partition coefficient (Wildman–Crippen LogP) is 2.54. The van der Waals surface area contributed by atoms with Gasteiger partial charge in [-0.15, -0.1) is 0 Å². The van der Waals surface area contributed by atoms with E-state index in [9.17, 15) is 0 Å². The highest BCUT2D eigenvalue weighted by Gasteiger charge is 2.57. The van der Waals surface area contributed by atoms with Crippen LogP contribution in [-0.4, -0.2) is 11.5 Å². The summed E-state index contributed by atoms with van der Waals surface area (Å²) in [6.45, 7) is 5.32. The van der Waals surface area contributed by atoms with Gasteiger partial charge >= 0.3 is 0 Å². The molecule has 1 aliphatic carbocycles. The fourth-order valence-corrected chi connectivity index (χ4v) is 2.65. The Morgan fingerprint density at radius 2 is 2.21 bits per heavy atom. The van der Waals surface area contributed by atoms with Gasteiger partial charge in [0.2, 0.25) is 0 Å². The fraction of sp³-hybridized carbons (Fsp3) is 0.545. The Balaban J connectivity index is 2.22. The fourth-order valence-electron chi connectivity index (χ4n) is 2.42. The minimum Gasteiger partial charge on any atom is -0.330 e. The average Bonchev–Trinajstić information content (AvgIpc) is 2.69. The molecule has 0 bridgehead atoms. The predicted molar refractivity (Wildman–Crippen MR) is 61.0 cm³/mol. The monoisotopic (exact) mass is 254 g/mol. The van der Waals surface area contributed by atoms with Crippen LogP contribution in [0.1, 0.15) is 25.3 Å². The van der Waals surface area contributed by atoms with Gasteiger partial charge in [0.15, 0.2) is 0 Å². The Kier molecular flexibility index (Phi) is 2.40. The van der Waals surface area contributed by atoms with Crippen LogP contribution >= 0.6 is 15.9 Å². The highest BCUT2D eigenvalue weighted by atomic mass is 79.9. The molecule has 76 valence electrons. The summed E-state index contributed by atoms with van der Waals surface area (Å²) in [6, 6.07) is 4.14. The van der Waals surface area contributed by atoms with E-state index in [0.717, 1.165) is 11.1 Å². The summed E-state index contributed by atoms with van der Waals surface area (Å²) in [4.78, 5) is 4.25. The van der Waals surface area contributed by atoms with Crippen molar-refractivity contribution in [2.45, 2.75) is 19.8 Å². The van der Waals surface area contributed by atoms with Crippen LogP contribution in [-0.2, 0) is 0 Å². The van der Waals surface area contributed by atoms with E-state index >= 15 is 0 Å². The normalized spacial score (nSPS) is 28.9. The Morgan fingerprint density at radius 3 is 2.64 bits per heavy atom. The van der Waals surface area contributed by atoms with Gasteiger partial charge < -0.3 is 5.73 Å². The number of nitrogens with two attached hydrogens (primary N) is 1. The number of aromatic nitrogens is 1. The van der Waals surface area contributed by atoms with Crippen molar-refractivity contribution < 1.29 is 0 Å². The number of hydrogen-bond donors (Lipinski definition) is 1. The lowest BCUT2D eigenvalue weighted by atomic mass is 10.1. The molecule has 0 aromatic carbocycles. The van der Waals surface area contributed by atoms with E-state index in [1.54, 1.807) is 0 Å². The quantitative estimate of drug-likeness (QED) is 0.825. The molecular formula is C11H15BrN2. The van der Waals surface area contributed by atoms with E-state index in [4.69, 9.17) is 5.73 Å². The van der Waals surface area contributed by atoms with Crippen LogP contribution in [0.4, 0.5) is 0 Å². The van der Waals surface area contributed by atoms with Gasteiger partial charge in [0.1, 0.15) is 4.60 Å². The van der Waals surface area contributed by atoms with Crippen molar-refractivity contribution in [3.05, 3.63) is 28.5 Å². The molecule has 3 heteroatoms. The Hall–Kier alpha value is -0.410. The lowest BCUT2D eigenvalue weighted by molar-refractivity contribution is 0.558. The van der Waals surface area contributed by atoms with Gasteiger partial charge in [0.05, 0.1) is 0 Å². The second-order valence-corrected chi connectivity index (χ2v) is 5.37. The van der Waals surface area contributed by atoms with Gasteiger partial charge in [-0.05, 0) is 51.4 Å². The standard InChI is InChI=1S/C11H15BrN2/c1-11(2)8(5-13)10(11)7-3-4-9(12)14-6-7/h3-4,6,8,10H,5,13H2,1-2H3. The number of nitrogens with zero attached hydrogens (tertiary/aromatic N) is 1. The molecule has 1 fully saturated rings. The molecule has 1 aromatic heterocycles. The maximum atomic E-state index is 5.74. The first-order valence-corrected chi connectivity index (χ1v) is 5.68. The zero-order chi connectivity index (χ0) is 10.3. The maximum absolute atomic E-state index is 5.74. The lowest BCUT2D eigenvalue weighted by Crippen LogP contribution is -2.05. The second kappa shape index (κ2) is 3.31. The molecule has 2 atom stereocenters. The van der Waals surface area contributed by atoms with Crippen LogP contribution in [0, 0.1) is 11.3 Å². The van der Waals surface area contributed by atoms with E-state index in [1.807, 2.05) is 12.3 Å². The van der Waals surface area contributed by atoms with Crippen molar-refractivity contribution in [1.82, 2.24) is 4.98 Å². The topological polar surface area (TPSA) is 38.9 Å². The molecule has 1 aliphatic rings. The second-order valence-electron chi connectivity index (χ2n) is 4.56. The summed E-state index contributed by atoms with van der Waals surface area (Å²) in [5.74, 6) is 1.21. The number of halogens is 1. The Bertz CT molecular complexity index is 332. The van der Waals surface area contributed by atoms with Gasteiger partial charge in [-0.3, -0.25) is 0 Å². The maximum Gasteiger partial charge on any atom is 0.106 e. The van der Waals surface area contributed by atoms with Crippen LogP contribution < -0.4 is 5.73 Å². The summed E-state index contributed by atoms with van der Waals surface area (Å²) in [7, 11) is 0. The molecule has 0 saturated heterocycles. The van der Waals surface area contributed by atoms with E-state index in [-0.39, 0.29) is 0 Å². The van der Waals surface area contributed by atoms with E-state index in [1.165, 1.54) is 5.56 Å². The Labute approximate surface area is 93.0 Å². The third kappa shape index (κ3) is 1.48. The molecule has 0 spiro atoms. The first-order chi connectivity index (χ1) is 6.57. The molecule has 14 heavy (non-hydrogen) atoms. The van der Waals surface area contributed by atoms with Gasteiger partial charge in [0.25, 0.3) is 0 Å². The first kappa shape index (κ1) is 10.1. The molecule has 1 saturated carbocycles. The summed E-state index contributed by atoms with van der Waals surface area (Å²) in [5.41, 5.74) is 7.40. The van der Waals surface area contributed by atoms with Crippen molar-refractivity contribution in [2.75, 3.05) is 6.54 Å². The summed E-state index contributed by atoms with van der Waals surface area (Å²) >= 11 is 3.34. The first-order valence-electron chi connectivity index (χ1n) is 4.89. The van der Waals surface area contributed by atoms with Crippen LogP contribution in [0.15, 0.2) is 22.9 Å². The zero-order valence-electron chi connectivity index (χ0n) is 8.50. The average molecular weight is 255 g/mol. The highest BCUT2D eigenvalue weighted by Crippen LogP contribution is 2.63. The summed E-state index contributed by atoms with van der Waals surface area (Å²) in [5, 5.41) is 0. The molecule has 0 aliphatic heterocycles. The van der Waals surface area contributed by atoms with Crippen LogP contribution in [0.25, 0.3) is 0 Å². The van der Waals surface area contributed by atoms with Crippen molar-refractivity contribution >= 4 is 15.9 Å². The molecule has 1 aromatic rings. The minimum atomic E-state index is 0.351. The van der Waals surface area contributed by atoms with Gasteiger partial charge in [0, 0.05) is 6.20 Å². The molecule has 1 heterocycles.